The minimum absolute atomic E-state index is 0.576. The second-order valence-corrected chi connectivity index (χ2v) is 4.07. The molecule has 0 atom stereocenters. The van der Waals surface area contributed by atoms with Crippen molar-refractivity contribution in [1.82, 2.24) is 4.90 Å². The summed E-state index contributed by atoms with van der Waals surface area (Å²) in [6.45, 7) is 1.22. The fourth-order valence-electron chi connectivity index (χ4n) is 1.71. The second kappa shape index (κ2) is 3.14. The molecule has 0 N–H and O–H groups in total. The Labute approximate surface area is 69.2 Å². The molecule has 0 aromatic heterocycles. The van der Waals surface area contributed by atoms with Gasteiger partial charge in [-0.2, -0.15) is 12.6 Å². The summed E-state index contributed by atoms with van der Waals surface area (Å²) in [5, 5.41) is 0. The van der Waals surface area contributed by atoms with E-state index in [-0.39, 0.29) is 0 Å². The zero-order chi connectivity index (χ0) is 7.61. The molecule has 1 nitrogen and oxygen atoms in total. The third-order valence-corrected chi connectivity index (χ3v) is 3.07. The highest BCUT2D eigenvalue weighted by Gasteiger charge is 2.35. The molecular formula is C8H17NS. The lowest BCUT2D eigenvalue weighted by molar-refractivity contribution is 0.118. The van der Waals surface area contributed by atoms with Crippen molar-refractivity contribution < 1.29 is 0 Å². The summed E-state index contributed by atoms with van der Waals surface area (Å²) in [4.78, 5) is 2.27. The molecule has 1 fully saturated rings. The zero-order valence-electron chi connectivity index (χ0n) is 6.93. The summed E-state index contributed by atoms with van der Waals surface area (Å²) in [5.74, 6) is 1.06. The van der Waals surface area contributed by atoms with Crippen molar-refractivity contribution in [3.8, 4) is 0 Å². The summed E-state index contributed by atoms with van der Waals surface area (Å²) >= 11 is 4.38. The third-order valence-electron chi connectivity index (χ3n) is 2.40. The number of hydrogen-bond acceptors (Lipinski definition) is 2. The molecule has 0 saturated heterocycles. The molecule has 2 heteroatoms. The van der Waals surface area contributed by atoms with Crippen molar-refractivity contribution in [3.63, 3.8) is 0 Å². The van der Waals surface area contributed by atoms with Crippen LogP contribution in [0.1, 0.15) is 19.3 Å². The van der Waals surface area contributed by atoms with Crippen molar-refractivity contribution >= 4 is 12.6 Å². The van der Waals surface area contributed by atoms with E-state index in [2.05, 4.69) is 31.6 Å². The Bertz CT molecular complexity index is 102. The van der Waals surface area contributed by atoms with Gasteiger partial charge in [0, 0.05) is 6.54 Å². The van der Waals surface area contributed by atoms with Gasteiger partial charge in [0.2, 0.25) is 0 Å². The van der Waals surface area contributed by atoms with Crippen LogP contribution in [0, 0.1) is 5.41 Å². The SMILES string of the molecule is CN(C)CC1(CS)CCC1. The summed E-state index contributed by atoms with van der Waals surface area (Å²) in [7, 11) is 4.28. The normalized spacial score (nSPS) is 22.8. The van der Waals surface area contributed by atoms with Gasteiger partial charge < -0.3 is 4.90 Å². The van der Waals surface area contributed by atoms with Crippen LogP contribution in [0.5, 0.6) is 0 Å². The first-order chi connectivity index (χ1) is 4.68. The summed E-state index contributed by atoms with van der Waals surface area (Å²) < 4.78 is 0. The summed E-state index contributed by atoms with van der Waals surface area (Å²) in [6, 6.07) is 0. The monoisotopic (exact) mass is 159 g/mol. The van der Waals surface area contributed by atoms with Crippen LogP contribution in [0.25, 0.3) is 0 Å². The van der Waals surface area contributed by atoms with Crippen molar-refractivity contribution in [2.45, 2.75) is 19.3 Å². The highest BCUT2D eigenvalue weighted by molar-refractivity contribution is 7.80. The first-order valence-electron chi connectivity index (χ1n) is 3.94. The molecule has 10 heavy (non-hydrogen) atoms. The van der Waals surface area contributed by atoms with Crippen molar-refractivity contribution in [2.24, 2.45) is 5.41 Å². The zero-order valence-corrected chi connectivity index (χ0v) is 7.82. The van der Waals surface area contributed by atoms with E-state index in [9.17, 15) is 0 Å². The molecule has 0 radical (unpaired) electrons. The van der Waals surface area contributed by atoms with E-state index in [0.29, 0.717) is 5.41 Å². The topological polar surface area (TPSA) is 3.24 Å². The van der Waals surface area contributed by atoms with Crippen LogP contribution in [0.3, 0.4) is 0 Å². The van der Waals surface area contributed by atoms with Gasteiger partial charge in [0.05, 0.1) is 0 Å². The van der Waals surface area contributed by atoms with Crippen molar-refractivity contribution in [2.75, 3.05) is 26.4 Å². The van der Waals surface area contributed by atoms with Gasteiger partial charge in [-0.25, -0.2) is 0 Å². The molecule has 0 unspecified atom stereocenters. The molecule has 0 aromatic carbocycles. The average Bonchev–Trinajstić information content (AvgIpc) is 1.78. The Morgan fingerprint density at radius 3 is 2.10 bits per heavy atom. The highest BCUT2D eigenvalue weighted by atomic mass is 32.1. The predicted molar refractivity (Wildman–Crippen MR) is 48.7 cm³/mol. The van der Waals surface area contributed by atoms with Crippen LogP contribution in [0.15, 0.2) is 0 Å². The minimum atomic E-state index is 0.576. The highest BCUT2D eigenvalue weighted by Crippen LogP contribution is 2.41. The molecule has 1 rings (SSSR count). The molecule has 60 valence electrons. The fraction of sp³-hybridized carbons (Fsp3) is 1.00. The molecule has 1 aliphatic rings. The molecule has 0 aromatic rings. The molecular weight excluding hydrogens is 142 g/mol. The van der Waals surface area contributed by atoms with Crippen molar-refractivity contribution in [1.29, 1.82) is 0 Å². The van der Waals surface area contributed by atoms with Gasteiger partial charge >= 0.3 is 0 Å². The molecule has 0 amide bonds. The number of rotatable bonds is 3. The maximum Gasteiger partial charge on any atom is 0.00397 e. The van der Waals surface area contributed by atoms with E-state index in [0.717, 1.165) is 5.75 Å². The molecule has 0 aliphatic heterocycles. The fourth-order valence-corrected chi connectivity index (χ4v) is 2.13. The Morgan fingerprint density at radius 1 is 1.40 bits per heavy atom. The van der Waals surface area contributed by atoms with Gasteiger partial charge in [-0.15, -0.1) is 0 Å². The maximum atomic E-state index is 4.38. The second-order valence-electron chi connectivity index (χ2n) is 3.75. The van der Waals surface area contributed by atoms with Gasteiger partial charge in [-0.1, -0.05) is 6.42 Å². The summed E-state index contributed by atoms with van der Waals surface area (Å²) in [6.07, 6.45) is 4.18. The Kier molecular flexibility index (Phi) is 2.64. The van der Waals surface area contributed by atoms with Crippen LogP contribution in [0.2, 0.25) is 0 Å². The molecule has 1 saturated carbocycles. The van der Waals surface area contributed by atoms with E-state index in [4.69, 9.17) is 0 Å². The lowest BCUT2D eigenvalue weighted by atomic mass is 9.70. The van der Waals surface area contributed by atoms with Crippen LogP contribution in [-0.4, -0.2) is 31.3 Å². The van der Waals surface area contributed by atoms with E-state index >= 15 is 0 Å². The minimum Gasteiger partial charge on any atom is -0.309 e. The lowest BCUT2D eigenvalue weighted by Crippen LogP contribution is -2.40. The standard InChI is InChI=1S/C8H17NS/c1-9(2)6-8(7-10)4-3-5-8/h10H,3-7H2,1-2H3. The molecule has 0 bridgehead atoms. The number of nitrogens with zero attached hydrogens (tertiary/aromatic N) is 1. The number of hydrogen-bond donors (Lipinski definition) is 1. The quantitative estimate of drug-likeness (QED) is 0.613. The van der Waals surface area contributed by atoms with Gasteiger partial charge in [-0.3, -0.25) is 0 Å². The Morgan fingerprint density at radius 2 is 2.00 bits per heavy atom. The van der Waals surface area contributed by atoms with E-state index < -0.39 is 0 Å². The molecule has 1 aliphatic carbocycles. The van der Waals surface area contributed by atoms with Crippen LogP contribution in [0.4, 0.5) is 0 Å². The first kappa shape index (κ1) is 8.41. The van der Waals surface area contributed by atoms with Gasteiger partial charge in [0.1, 0.15) is 0 Å². The summed E-state index contributed by atoms with van der Waals surface area (Å²) in [5.41, 5.74) is 0.576. The molecule has 0 spiro atoms. The third kappa shape index (κ3) is 1.67. The molecule has 0 heterocycles. The Balaban J connectivity index is 2.33. The van der Waals surface area contributed by atoms with E-state index in [1.165, 1.54) is 25.8 Å². The van der Waals surface area contributed by atoms with E-state index in [1.807, 2.05) is 0 Å². The van der Waals surface area contributed by atoms with Gasteiger partial charge in [-0.05, 0) is 38.1 Å². The number of thiol groups is 1. The van der Waals surface area contributed by atoms with Crippen molar-refractivity contribution in [3.05, 3.63) is 0 Å². The maximum absolute atomic E-state index is 4.38. The van der Waals surface area contributed by atoms with Crippen LogP contribution in [-0.2, 0) is 0 Å². The smallest absolute Gasteiger partial charge is 0.00397 e. The lowest BCUT2D eigenvalue weighted by Gasteiger charge is -2.42. The van der Waals surface area contributed by atoms with Gasteiger partial charge in [0.25, 0.3) is 0 Å². The van der Waals surface area contributed by atoms with Gasteiger partial charge in [0.15, 0.2) is 0 Å². The first-order valence-corrected chi connectivity index (χ1v) is 4.57. The van der Waals surface area contributed by atoms with Crippen LogP contribution < -0.4 is 0 Å². The average molecular weight is 159 g/mol. The Hall–Kier alpha value is 0.310. The van der Waals surface area contributed by atoms with Crippen LogP contribution >= 0.6 is 12.6 Å². The largest absolute Gasteiger partial charge is 0.309 e. The predicted octanol–water partition coefficient (Wildman–Crippen LogP) is 1.65. The van der Waals surface area contributed by atoms with E-state index in [1.54, 1.807) is 0 Å².